The minimum Gasteiger partial charge on any atom is -0.337 e. The summed E-state index contributed by atoms with van der Waals surface area (Å²) in [7, 11) is 0. The van der Waals surface area contributed by atoms with Crippen LogP contribution in [0.1, 0.15) is 36.3 Å². The van der Waals surface area contributed by atoms with Crippen LogP contribution in [0.5, 0.6) is 0 Å². The SMILES string of the molecule is C[C@H](N)c1nc(-c2ccccc2)nn1CC(=O)N1CCCc2ccccc2C1. The van der Waals surface area contributed by atoms with Gasteiger partial charge in [-0.3, -0.25) is 4.79 Å². The van der Waals surface area contributed by atoms with Gasteiger partial charge >= 0.3 is 0 Å². The number of nitrogens with two attached hydrogens (primary N) is 1. The number of amides is 1. The highest BCUT2D eigenvalue weighted by molar-refractivity contribution is 5.76. The van der Waals surface area contributed by atoms with Gasteiger partial charge < -0.3 is 10.6 Å². The first-order chi connectivity index (χ1) is 13.6. The molecule has 28 heavy (non-hydrogen) atoms. The van der Waals surface area contributed by atoms with Gasteiger partial charge in [0.05, 0.1) is 6.04 Å². The van der Waals surface area contributed by atoms with Crippen LogP contribution < -0.4 is 5.73 Å². The maximum Gasteiger partial charge on any atom is 0.244 e. The number of carbonyl (C=O) groups excluding carboxylic acids is 1. The van der Waals surface area contributed by atoms with E-state index in [-0.39, 0.29) is 18.5 Å². The normalized spacial score (nSPS) is 15.0. The predicted molar refractivity (Wildman–Crippen MR) is 108 cm³/mol. The van der Waals surface area contributed by atoms with Gasteiger partial charge in [0.2, 0.25) is 5.91 Å². The fourth-order valence-electron chi connectivity index (χ4n) is 3.66. The summed E-state index contributed by atoms with van der Waals surface area (Å²) in [4.78, 5) is 19.6. The topological polar surface area (TPSA) is 77.0 Å². The van der Waals surface area contributed by atoms with Gasteiger partial charge in [-0.2, -0.15) is 5.10 Å². The molecule has 1 aromatic heterocycles. The van der Waals surface area contributed by atoms with Crippen LogP contribution in [0.4, 0.5) is 0 Å². The lowest BCUT2D eigenvalue weighted by Crippen LogP contribution is -2.34. The van der Waals surface area contributed by atoms with Crippen LogP contribution in [0, 0.1) is 0 Å². The maximum absolute atomic E-state index is 13.0. The zero-order chi connectivity index (χ0) is 19.5. The van der Waals surface area contributed by atoms with Gasteiger partial charge in [0.25, 0.3) is 0 Å². The molecule has 0 radical (unpaired) electrons. The van der Waals surface area contributed by atoms with E-state index >= 15 is 0 Å². The number of benzene rings is 2. The van der Waals surface area contributed by atoms with E-state index in [1.807, 2.05) is 48.2 Å². The van der Waals surface area contributed by atoms with E-state index < -0.39 is 0 Å². The first kappa shape index (κ1) is 18.4. The van der Waals surface area contributed by atoms with E-state index in [2.05, 4.69) is 28.3 Å². The van der Waals surface area contributed by atoms with Crippen molar-refractivity contribution < 1.29 is 4.79 Å². The number of hydrogen-bond acceptors (Lipinski definition) is 4. The van der Waals surface area contributed by atoms with Crippen molar-refractivity contribution >= 4 is 5.91 Å². The molecule has 2 aromatic carbocycles. The lowest BCUT2D eigenvalue weighted by molar-refractivity contribution is -0.132. The summed E-state index contributed by atoms with van der Waals surface area (Å²) < 4.78 is 1.66. The average molecular weight is 375 g/mol. The molecule has 0 saturated heterocycles. The lowest BCUT2D eigenvalue weighted by Gasteiger charge is -2.21. The molecule has 2 heterocycles. The summed E-state index contributed by atoms with van der Waals surface area (Å²) in [6, 6.07) is 17.8. The van der Waals surface area contributed by atoms with Crippen molar-refractivity contribution in [1.29, 1.82) is 0 Å². The molecule has 0 spiro atoms. The molecule has 6 heteroatoms. The molecule has 0 unspecified atom stereocenters. The van der Waals surface area contributed by atoms with E-state index in [1.165, 1.54) is 11.1 Å². The van der Waals surface area contributed by atoms with Crippen LogP contribution in [0.25, 0.3) is 11.4 Å². The van der Waals surface area contributed by atoms with Crippen LogP contribution in [0.3, 0.4) is 0 Å². The molecule has 144 valence electrons. The second-order valence-electron chi connectivity index (χ2n) is 7.29. The van der Waals surface area contributed by atoms with Crippen molar-refractivity contribution in [3.63, 3.8) is 0 Å². The molecule has 2 N–H and O–H groups in total. The quantitative estimate of drug-likeness (QED) is 0.761. The van der Waals surface area contributed by atoms with Crippen LogP contribution in [-0.2, 0) is 24.3 Å². The predicted octanol–water partition coefficient (Wildman–Crippen LogP) is 2.94. The molecule has 1 aliphatic heterocycles. The molecular weight excluding hydrogens is 350 g/mol. The van der Waals surface area contributed by atoms with Gasteiger partial charge in [0.15, 0.2) is 5.82 Å². The van der Waals surface area contributed by atoms with Crippen molar-refractivity contribution in [2.45, 2.75) is 38.9 Å². The zero-order valence-electron chi connectivity index (χ0n) is 16.1. The molecule has 1 atom stereocenters. The standard InChI is InChI=1S/C22H25N5O/c1-16(23)22-24-21(18-9-3-2-4-10-18)25-27(22)15-20(28)26-13-7-12-17-8-5-6-11-19(17)14-26/h2-6,8-11,16H,7,12-15,23H2,1H3/t16-/m0/s1. The van der Waals surface area contributed by atoms with E-state index in [0.29, 0.717) is 18.2 Å². The minimum absolute atomic E-state index is 0.0446. The molecule has 3 aromatic rings. The second-order valence-corrected chi connectivity index (χ2v) is 7.29. The zero-order valence-corrected chi connectivity index (χ0v) is 16.1. The van der Waals surface area contributed by atoms with E-state index in [0.717, 1.165) is 24.9 Å². The summed E-state index contributed by atoms with van der Waals surface area (Å²) in [6.07, 6.45) is 1.97. The van der Waals surface area contributed by atoms with Crippen molar-refractivity contribution in [1.82, 2.24) is 19.7 Å². The molecule has 4 rings (SSSR count). The largest absolute Gasteiger partial charge is 0.337 e. The summed E-state index contributed by atoms with van der Waals surface area (Å²) in [6.45, 7) is 3.41. The Morgan fingerprint density at radius 2 is 1.82 bits per heavy atom. The average Bonchev–Trinajstić information content (AvgIpc) is 3.00. The maximum atomic E-state index is 13.0. The number of rotatable bonds is 4. The lowest BCUT2D eigenvalue weighted by atomic mass is 10.0. The number of aromatic nitrogens is 3. The Hall–Kier alpha value is -2.99. The molecular formula is C22H25N5O. The monoisotopic (exact) mass is 375 g/mol. The first-order valence-electron chi connectivity index (χ1n) is 9.72. The van der Waals surface area contributed by atoms with Crippen LogP contribution in [0.15, 0.2) is 54.6 Å². The Morgan fingerprint density at radius 3 is 2.57 bits per heavy atom. The van der Waals surface area contributed by atoms with Gasteiger partial charge in [-0.25, -0.2) is 9.67 Å². The molecule has 6 nitrogen and oxygen atoms in total. The molecule has 0 fully saturated rings. The van der Waals surface area contributed by atoms with Crippen LogP contribution in [-0.4, -0.2) is 32.1 Å². The fraction of sp³-hybridized carbons (Fsp3) is 0.318. The Labute approximate surface area is 165 Å². The highest BCUT2D eigenvalue weighted by Gasteiger charge is 2.22. The highest BCUT2D eigenvalue weighted by atomic mass is 16.2. The number of nitrogens with zero attached hydrogens (tertiary/aromatic N) is 4. The molecule has 1 aliphatic rings. The van der Waals surface area contributed by atoms with Crippen molar-refractivity contribution in [2.75, 3.05) is 6.54 Å². The summed E-state index contributed by atoms with van der Waals surface area (Å²) in [5.41, 5.74) is 9.58. The van der Waals surface area contributed by atoms with Crippen LogP contribution >= 0.6 is 0 Å². The van der Waals surface area contributed by atoms with Crippen molar-refractivity contribution in [3.05, 3.63) is 71.5 Å². The molecule has 0 aliphatic carbocycles. The van der Waals surface area contributed by atoms with Gasteiger partial charge in [0, 0.05) is 18.7 Å². The fourth-order valence-corrected chi connectivity index (χ4v) is 3.66. The molecule has 1 amide bonds. The van der Waals surface area contributed by atoms with Crippen molar-refractivity contribution in [3.8, 4) is 11.4 Å². The van der Waals surface area contributed by atoms with E-state index in [4.69, 9.17) is 5.73 Å². The third-order valence-corrected chi connectivity index (χ3v) is 5.13. The van der Waals surface area contributed by atoms with Crippen molar-refractivity contribution in [2.24, 2.45) is 5.73 Å². The second kappa shape index (κ2) is 7.94. The number of carbonyl (C=O) groups is 1. The van der Waals surface area contributed by atoms with Crippen LogP contribution in [0.2, 0.25) is 0 Å². The number of aryl methyl sites for hydroxylation is 1. The van der Waals surface area contributed by atoms with Gasteiger partial charge in [-0.05, 0) is 30.9 Å². The summed E-state index contributed by atoms with van der Waals surface area (Å²) in [5, 5.41) is 4.58. The van der Waals surface area contributed by atoms with E-state index in [1.54, 1.807) is 4.68 Å². The summed E-state index contributed by atoms with van der Waals surface area (Å²) in [5.74, 6) is 1.27. The smallest absolute Gasteiger partial charge is 0.244 e. The Morgan fingerprint density at radius 1 is 1.11 bits per heavy atom. The Bertz CT molecular complexity index is 964. The Balaban J connectivity index is 1.56. The van der Waals surface area contributed by atoms with Gasteiger partial charge in [0.1, 0.15) is 12.4 Å². The summed E-state index contributed by atoms with van der Waals surface area (Å²) >= 11 is 0. The van der Waals surface area contributed by atoms with E-state index in [9.17, 15) is 4.79 Å². The molecule has 0 saturated carbocycles. The Kier molecular flexibility index (Phi) is 5.21. The molecule has 0 bridgehead atoms. The number of hydrogen-bond donors (Lipinski definition) is 1. The van der Waals surface area contributed by atoms with Gasteiger partial charge in [-0.1, -0.05) is 54.6 Å². The van der Waals surface area contributed by atoms with Gasteiger partial charge in [-0.15, -0.1) is 0 Å². The highest BCUT2D eigenvalue weighted by Crippen LogP contribution is 2.20. The minimum atomic E-state index is -0.303. The third kappa shape index (κ3) is 3.82. The first-order valence-corrected chi connectivity index (χ1v) is 9.72. The number of fused-ring (bicyclic) bond motifs is 1. The third-order valence-electron chi connectivity index (χ3n) is 5.13.